The summed E-state index contributed by atoms with van der Waals surface area (Å²) in [5, 5.41) is 10.8. The first-order valence-corrected chi connectivity index (χ1v) is 10.6. The molecular weight excluding hydrogens is 434 g/mol. The van der Waals surface area contributed by atoms with Gasteiger partial charge in [-0.3, -0.25) is 24.4 Å². The van der Waals surface area contributed by atoms with Gasteiger partial charge in [-0.25, -0.2) is 9.36 Å². The summed E-state index contributed by atoms with van der Waals surface area (Å²) in [6.45, 7) is 1.88. The van der Waals surface area contributed by atoms with Crippen LogP contribution in [0.25, 0.3) is 5.69 Å². The minimum atomic E-state index is -0.831. The lowest BCUT2D eigenvalue weighted by atomic mass is 9.72. The second-order valence-electron chi connectivity index (χ2n) is 8.18. The quantitative estimate of drug-likeness (QED) is 0.591. The number of aryl methyl sites for hydroxylation is 1. The maximum atomic E-state index is 13.2. The Morgan fingerprint density at radius 3 is 2.32 bits per heavy atom. The number of Topliss-reactive ketones (excluding diaryl/α,β-unsaturated/α-hetero) is 2. The number of carbonyl (C=O) groups is 2. The number of nitrogens with one attached hydrogen (secondary N) is 1. The summed E-state index contributed by atoms with van der Waals surface area (Å²) in [6.07, 6.45) is 7.98. The van der Waals surface area contributed by atoms with Gasteiger partial charge < -0.3 is 5.11 Å². The SMILES string of the molecule is Cc1ccc(-n2c(O)c(C=Nc3cccc4c3C(=O)[C@H]3C=CC=C[C@H]3C4=O)c(=O)[nH]c2=O)cc1. The maximum absolute atomic E-state index is 13.2. The molecule has 3 aromatic rings. The number of aromatic amines is 1. The molecule has 2 aliphatic carbocycles. The molecule has 8 nitrogen and oxygen atoms in total. The fourth-order valence-corrected chi connectivity index (χ4v) is 4.29. The zero-order chi connectivity index (χ0) is 24.0. The standard InChI is InChI=1S/C26H19N3O5/c1-14-9-11-15(12-10-14)29-25(33)19(24(32)28-26(29)34)13-27-20-8-4-7-18-21(20)23(31)17-6-3-2-5-16(17)22(18)30/h2-13,16-17,33H,1H3,(H,28,32,34)/t16-,17+/m1/s1. The Kier molecular flexibility index (Phi) is 5.05. The van der Waals surface area contributed by atoms with Gasteiger partial charge in [0.15, 0.2) is 11.6 Å². The van der Waals surface area contributed by atoms with Crippen LogP contribution in [0, 0.1) is 18.8 Å². The molecule has 0 unspecified atom stereocenters. The van der Waals surface area contributed by atoms with Gasteiger partial charge in [-0.2, -0.15) is 0 Å². The van der Waals surface area contributed by atoms with Crippen molar-refractivity contribution in [2.24, 2.45) is 16.8 Å². The highest BCUT2D eigenvalue weighted by molar-refractivity contribution is 6.19. The van der Waals surface area contributed by atoms with E-state index in [-0.39, 0.29) is 33.9 Å². The third kappa shape index (κ3) is 3.36. The summed E-state index contributed by atoms with van der Waals surface area (Å²) in [5.74, 6) is -2.16. The molecule has 0 fully saturated rings. The number of nitrogens with zero attached hydrogens (tertiary/aromatic N) is 2. The highest BCUT2D eigenvalue weighted by Crippen LogP contribution is 2.38. The smallest absolute Gasteiger partial charge is 0.335 e. The van der Waals surface area contributed by atoms with Crippen molar-refractivity contribution >= 4 is 23.5 Å². The molecule has 1 aromatic heterocycles. The first kappa shape index (κ1) is 21.3. The van der Waals surface area contributed by atoms with Gasteiger partial charge >= 0.3 is 5.69 Å². The molecule has 2 N–H and O–H groups in total. The fraction of sp³-hybridized carbons (Fsp3) is 0.115. The lowest BCUT2D eigenvalue weighted by molar-refractivity contribution is 0.0802. The van der Waals surface area contributed by atoms with Crippen LogP contribution in [0.4, 0.5) is 5.69 Å². The summed E-state index contributed by atoms with van der Waals surface area (Å²) >= 11 is 0. The Bertz CT molecular complexity index is 1550. The summed E-state index contributed by atoms with van der Waals surface area (Å²) in [4.78, 5) is 57.5. The van der Waals surface area contributed by atoms with Crippen LogP contribution in [0.2, 0.25) is 0 Å². The molecule has 5 rings (SSSR count). The van der Waals surface area contributed by atoms with E-state index in [1.807, 2.05) is 6.92 Å². The van der Waals surface area contributed by atoms with Crippen LogP contribution < -0.4 is 11.2 Å². The molecule has 0 amide bonds. The summed E-state index contributed by atoms with van der Waals surface area (Å²) < 4.78 is 0.959. The number of hydrogen-bond acceptors (Lipinski definition) is 6. The third-order valence-electron chi connectivity index (χ3n) is 6.04. The van der Waals surface area contributed by atoms with Gasteiger partial charge in [0.25, 0.3) is 5.56 Å². The predicted molar refractivity (Wildman–Crippen MR) is 127 cm³/mol. The maximum Gasteiger partial charge on any atom is 0.335 e. The number of fused-ring (bicyclic) bond motifs is 2. The lowest BCUT2D eigenvalue weighted by Gasteiger charge is -2.28. The average molecular weight is 453 g/mol. The largest absolute Gasteiger partial charge is 0.493 e. The molecule has 34 heavy (non-hydrogen) atoms. The van der Waals surface area contributed by atoms with Crippen molar-refractivity contribution in [1.82, 2.24) is 9.55 Å². The molecule has 0 bridgehead atoms. The number of rotatable bonds is 3. The van der Waals surface area contributed by atoms with Gasteiger partial charge in [-0.1, -0.05) is 54.1 Å². The minimum Gasteiger partial charge on any atom is -0.493 e. The second-order valence-corrected chi connectivity index (χ2v) is 8.18. The van der Waals surface area contributed by atoms with Gasteiger partial charge in [0.1, 0.15) is 5.56 Å². The van der Waals surface area contributed by atoms with Crippen LogP contribution in [0.1, 0.15) is 31.8 Å². The van der Waals surface area contributed by atoms with Crippen LogP contribution in [0.15, 0.2) is 81.4 Å². The van der Waals surface area contributed by atoms with Crippen LogP contribution in [-0.4, -0.2) is 32.4 Å². The third-order valence-corrected chi connectivity index (χ3v) is 6.04. The van der Waals surface area contributed by atoms with E-state index in [4.69, 9.17) is 0 Å². The monoisotopic (exact) mass is 453 g/mol. The van der Waals surface area contributed by atoms with E-state index in [1.54, 1.807) is 66.8 Å². The first-order chi connectivity index (χ1) is 16.4. The molecule has 2 aliphatic rings. The molecule has 0 radical (unpaired) electrons. The lowest BCUT2D eigenvalue weighted by Crippen LogP contribution is -2.35. The Labute approximate surface area is 193 Å². The number of hydrogen-bond donors (Lipinski definition) is 2. The molecule has 1 heterocycles. The zero-order valence-electron chi connectivity index (χ0n) is 18.1. The van der Waals surface area contributed by atoms with Crippen molar-refractivity contribution in [1.29, 1.82) is 0 Å². The molecule has 8 heteroatoms. The molecule has 0 saturated heterocycles. The van der Waals surface area contributed by atoms with Gasteiger partial charge in [-0.15, -0.1) is 0 Å². The van der Waals surface area contributed by atoms with Gasteiger partial charge in [-0.05, 0) is 25.1 Å². The predicted octanol–water partition coefficient (Wildman–Crippen LogP) is 3.03. The molecular formula is C26H19N3O5. The Morgan fingerprint density at radius 1 is 0.941 bits per heavy atom. The van der Waals surface area contributed by atoms with E-state index in [2.05, 4.69) is 9.98 Å². The van der Waals surface area contributed by atoms with Crippen molar-refractivity contribution in [2.75, 3.05) is 0 Å². The first-order valence-electron chi connectivity index (χ1n) is 10.6. The number of ketones is 2. The Morgan fingerprint density at radius 2 is 1.62 bits per heavy atom. The number of aromatic nitrogens is 2. The van der Waals surface area contributed by atoms with E-state index in [9.17, 15) is 24.3 Å². The molecule has 0 aliphatic heterocycles. The molecule has 0 saturated carbocycles. The summed E-state index contributed by atoms with van der Waals surface area (Å²) in [5.41, 5.74) is 0.0686. The number of allylic oxidation sites excluding steroid dienone is 4. The highest BCUT2D eigenvalue weighted by Gasteiger charge is 2.40. The Balaban J connectivity index is 1.61. The van der Waals surface area contributed by atoms with Crippen LogP contribution >= 0.6 is 0 Å². The van der Waals surface area contributed by atoms with Gasteiger partial charge in [0.05, 0.1) is 28.8 Å². The summed E-state index contributed by atoms with van der Waals surface area (Å²) in [6, 6.07) is 11.6. The van der Waals surface area contributed by atoms with Gasteiger partial charge in [0.2, 0.25) is 5.88 Å². The number of carbonyl (C=O) groups excluding carboxylic acids is 2. The minimum absolute atomic E-state index is 0.174. The number of H-pyrrole nitrogens is 1. The summed E-state index contributed by atoms with van der Waals surface area (Å²) in [7, 11) is 0. The van der Waals surface area contributed by atoms with Crippen molar-refractivity contribution in [3.05, 3.63) is 110 Å². The number of aliphatic imine (C=N–C) groups is 1. The van der Waals surface area contributed by atoms with Crippen molar-refractivity contribution in [3.8, 4) is 11.6 Å². The van der Waals surface area contributed by atoms with E-state index in [1.165, 1.54) is 0 Å². The van der Waals surface area contributed by atoms with Crippen LogP contribution in [-0.2, 0) is 0 Å². The van der Waals surface area contributed by atoms with E-state index < -0.39 is 29.0 Å². The Hall–Kier alpha value is -4.59. The average Bonchev–Trinajstić information content (AvgIpc) is 2.83. The highest BCUT2D eigenvalue weighted by atomic mass is 16.3. The van der Waals surface area contributed by atoms with Crippen molar-refractivity contribution < 1.29 is 14.7 Å². The van der Waals surface area contributed by atoms with Crippen LogP contribution in [0.3, 0.4) is 0 Å². The van der Waals surface area contributed by atoms with Crippen LogP contribution in [0.5, 0.6) is 5.88 Å². The van der Waals surface area contributed by atoms with E-state index in [0.29, 0.717) is 5.69 Å². The number of benzene rings is 2. The number of aromatic hydroxyl groups is 1. The van der Waals surface area contributed by atoms with Crippen molar-refractivity contribution in [3.63, 3.8) is 0 Å². The second kappa shape index (κ2) is 8.08. The molecule has 2 aromatic carbocycles. The normalized spacial score (nSPS) is 18.9. The topological polar surface area (TPSA) is 122 Å². The van der Waals surface area contributed by atoms with Gasteiger partial charge in [0, 0.05) is 11.8 Å². The fourth-order valence-electron chi connectivity index (χ4n) is 4.29. The molecule has 0 spiro atoms. The van der Waals surface area contributed by atoms with E-state index in [0.717, 1.165) is 16.3 Å². The van der Waals surface area contributed by atoms with E-state index >= 15 is 0 Å². The van der Waals surface area contributed by atoms with Crippen molar-refractivity contribution in [2.45, 2.75) is 6.92 Å². The molecule has 168 valence electrons. The zero-order valence-corrected chi connectivity index (χ0v) is 18.1. The molecule has 2 atom stereocenters.